The van der Waals surface area contributed by atoms with Gasteiger partial charge in [-0.2, -0.15) is 0 Å². The van der Waals surface area contributed by atoms with E-state index >= 15 is 0 Å². The number of ether oxygens (including phenoxy) is 1. The SMILES string of the molecule is CC1(C)CN(c2ccc(CO)cc2[N+](=O)[O-])CC(CO)O1. The van der Waals surface area contributed by atoms with Crippen molar-refractivity contribution in [1.82, 2.24) is 0 Å². The lowest BCUT2D eigenvalue weighted by Crippen LogP contribution is -2.54. The fraction of sp³-hybridized carbons (Fsp3) is 0.571. The first-order chi connectivity index (χ1) is 9.86. The van der Waals surface area contributed by atoms with E-state index in [9.17, 15) is 15.2 Å². The van der Waals surface area contributed by atoms with Crippen molar-refractivity contribution in [2.45, 2.75) is 32.2 Å². The van der Waals surface area contributed by atoms with Crippen molar-refractivity contribution in [3.63, 3.8) is 0 Å². The summed E-state index contributed by atoms with van der Waals surface area (Å²) in [5.41, 5.74) is 0.425. The van der Waals surface area contributed by atoms with Gasteiger partial charge in [0.2, 0.25) is 0 Å². The van der Waals surface area contributed by atoms with Crippen molar-refractivity contribution in [1.29, 1.82) is 0 Å². The van der Waals surface area contributed by atoms with E-state index in [1.54, 1.807) is 12.1 Å². The maximum Gasteiger partial charge on any atom is 0.292 e. The minimum Gasteiger partial charge on any atom is -0.394 e. The molecule has 1 aliphatic heterocycles. The highest BCUT2D eigenvalue weighted by Crippen LogP contribution is 2.33. The van der Waals surface area contributed by atoms with Gasteiger partial charge in [0.05, 0.1) is 29.8 Å². The van der Waals surface area contributed by atoms with Gasteiger partial charge in [-0.3, -0.25) is 10.1 Å². The van der Waals surface area contributed by atoms with Crippen molar-refractivity contribution >= 4 is 11.4 Å². The molecule has 2 rings (SSSR count). The van der Waals surface area contributed by atoms with Gasteiger partial charge >= 0.3 is 0 Å². The average molecular weight is 296 g/mol. The summed E-state index contributed by atoms with van der Waals surface area (Å²) in [6, 6.07) is 4.68. The molecule has 1 unspecified atom stereocenters. The molecule has 1 aliphatic rings. The predicted molar refractivity (Wildman–Crippen MR) is 77.3 cm³/mol. The lowest BCUT2D eigenvalue weighted by Gasteiger charge is -2.43. The van der Waals surface area contributed by atoms with Gasteiger partial charge in [-0.05, 0) is 25.5 Å². The van der Waals surface area contributed by atoms with Gasteiger partial charge in [0.25, 0.3) is 5.69 Å². The Morgan fingerprint density at radius 1 is 1.48 bits per heavy atom. The minimum atomic E-state index is -0.505. The zero-order valence-electron chi connectivity index (χ0n) is 12.2. The van der Waals surface area contributed by atoms with Crippen molar-refractivity contribution in [2.75, 3.05) is 24.6 Å². The van der Waals surface area contributed by atoms with E-state index in [2.05, 4.69) is 0 Å². The van der Waals surface area contributed by atoms with Gasteiger partial charge in [0.15, 0.2) is 0 Å². The molecule has 0 radical (unpaired) electrons. The van der Waals surface area contributed by atoms with Crippen LogP contribution in [0.4, 0.5) is 11.4 Å². The van der Waals surface area contributed by atoms with Crippen LogP contribution in [0.25, 0.3) is 0 Å². The second kappa shape index (κ2) is 5.97. The standard InChI is InChI=1S/C14H20N2O5/c1-14(2)9-15(6-11(8-18)21-14)12-4-3-10(7-17)5-13(12)16(19)20/h3-5,11,17-18H,6-9H2,1-2H3. The quantitative estimate of drug-likeness (QED) is 0.637. The molecule has 0 saturated carbocycles. The third-order valence-corrected chi connectivity index (χ3v) is 3.44. The molecule has 1 heterocycles. The van der Waals surface area contributed by atoms with Crippen LogP contribution in [0.1, 0.15) is 19.4 Å². The summed E-state index contributed by atoms with van der Waals surface area (Å²) in [6.45, 7) is 4.27. The second-order valence-corrected chi connectivity index (χ2v) is 5.80. The summed E-state index contributed by atoms with van der Waals surface area (Å²) < 4.78 is 5.72. The molecule has 0 bridgehead atoms. The summed E-state index contributed by atoms with van der Waals surface area (Å²) in [7, 11) is 0. The molecule has 1 saturated heterocycles. The molecule has 1 atom stereocenters. The number of aliphatic hydroxyl groups is 2. The Hall–Kier alpha value is -1.70. The lowest BCUT2D eigenvalue weighted by atomic mass is 10.0. The number of nitro groups is 1. The number of nitrogens with zero attached hydrogens (tertiary/aromatic N) is 2. The lowest BCUT2D eigenvalue weighted by molar-refractivity contribution is -0.384. The van der Waals surface area contributed by atoms with Gasteiger partial charge in [-0.15, -0.1) is 0 Å². The molecule has 0 aromatic heterocycles. The molecule has 2 N–H and O–H groups in total. The predicted octanol–water partition coefficient (Wildman–Crippen LogP) is 1.06. The summed E-state index contributed by atoms with van der Waals surface area (Å²) in [4.78, 5) is 12.7. The van der Waals surface area contributed by atoms with Crippen LogP contribution >= 0.6 is 0 Å². The van der Waals surface area contributed by atoms with Crippen LogP contribution in [0.2, 0.25) is 0 Å². The number of hydrogen-bond donors (Lipinski definition) is 2. The molecule has 21 heavy (non-hydrogen) atoms. The monoisotopic (exact) mass is 296 g/mol. The summed E-state index contributed by atoms with van der Waals surface area (Å²) in [6.07, 6.45) is -0.383. The van der Waals surface area contributed by atoms with Crippen LogP contribution in [-0.2, 0) is 11.3 Å². The van der Waals surface area contributed by atoms with Gasteiger partial charge < -0.3 is 19.8 Å². The zero-order chi connectivity index (χ0) is 15.6. The molecule has 7 heteroatoms. The summed E-state index contributed by atoms with van der Waals surface area (Å²) in [5, 5.41) is 29.7. The fourth-order valence-corrected chi connectivity index (χ4v) is 2.66. The number of anilines is 1. The molecule has 0 amide bonds. The molecular formula is C14H20N2O5. The molecule has 7 nitrogen and oxygen atoms in total. The smallest absolute Gasteiger partial charge is 0.292 e. The van der Waals surface area contributed by atoms with Crippen molar-refractivity contribution < 1.29 is 19.9 Å². The zero-order valence-corrected chi connectivity index (χ0v) is 12.2. The first-order valence-corrected chi connectivity index (χ1v) is 6.78. The molecular weight excluding hydrogens is 276 g/mol. The van der Waals surface area contributed by atoms with Crippen molar-refractivity contribution in [3.05, 3.63) is 33.9 Å². The third kappa shape index (κ3) is 3.49. The number of morpholine rings is 1. The van der Waals surface area contributed by atoms with E-state index in [1.807, 2.05) is 18.7 Å². The van der Waals surface area contributed by atoms with Gasteiger partial charge in [-0.1, -0.05) is 6.07 Å². The van der Waals surface area contributed by atoms with Gasteiger partial charge in [0.1, 0.15) is 5.69 Å². The molecule has 1 aromatic carbocycles. The number of aliphatic hydroxyl groups excluding tert-OH is 2. The Kier molecular flexibility index (Phi) is 4.46. The second-order valence-electron chi connectivity index (χ2n) is 5.80. The van der Waals surface area contributed by atoms with E-state index in [4.69, 9.17) is 9.84 Å². The molecule has 0 aliphatic carbocycles. The summed E-state index contributed by atoms with van der Waals surface area (Å²) >= 11 is 0. The van der Waals surface area contributed by atoms with E-state index in [1.165, 1.54) is 6.07 Å². The fourth-order valence-electron chi connectivity index (χ4n) is 2.66. The largest absolute Gasteiger partial charge is 0.394 e. The molecule has 1 aromatic rings. The highest BCUT2D eigenvalue weighted by molar-refractivity contribution is 5.64. The Balaban J connectivity index is 2.38. The number of benzene rings is 1. The Morgan fingerprint density at radius 3 is 2.76 bits per heavy atom. The highest BCUT2D eigenvalue weighted by Gasteiger charge is 2.35. The van der Waals surface area contributed by atoms with Crippen molar-refractivity contribution in [3.8, 4) is 0 Å². The van der Waals surface area contributed by atoms with Crippen LogP contribution in [0.5, 0.6) is 0 Å². The maximum atomic E-state index is 11.3. The van der Waals surface area contributed by atoms with Crippen LogP contribution in [0.3, 0.4) is 0 Å². The van der Waals surface area contributed by atoms with Crippen LogP contribution in [0, 0.1) is 10.1 Å². The van der Waals surface area contributed by atoms with Crippen LogP contribution in [-0.4, -0.2) is 46.5 Å². The normalized spacial score (nSPS) is 21.3. The average Bonchev–Trinajstić information content (AvgIpc) is 2.44. The topological polar surface area (TPSA) is 96.1 Å². The number of nitro benzene ring substituents is 1. The van der Waals surface area contributed by atoms with Crippen LogP contribution in [0.15, 0.2) is 18.2 Å². The first-order valence-electron chi connectivity index (χ1n) is 6.78. The van der Waals surface area contributed by atoms with Crippen molar-refractivity contribution in [2.24, 2.45) is 0 Å². The molecule has 0 spiro atoms. The van der Waals surface area contributed by atoms with Gasteiger partial charge in [-0.25, -0.2) is 0 Å². The first kappa shape index (κ1) is 15.7. The number of hydrogen-bond acceptors (Lipinski definition) is 6. The Labute approximate surface area is 122 Å². The minimum absolute atomic E-state index is 0.0454. The summed E-state index contributed by atoms with van der Waals surface area (Å²) in [5.74, 6) is 0. The van der Waals surface area contributed by atoms with E-state index < -0.39 is 10.5 Å². The molecule has 1 fully saturated rings. The molecule has 116 valence electrons. The Morgan fingerprint density at radius 2 is 2.19 bits per heavy atom. The van der Waals surface area contributed by atoms with Gasteiger partial charge in [0, 0.05) is 19.2 Å². The Bertz CT molecular complexity index is 532. The third-order valence-electron chi connectivity index (χ3n) is 3.44. The highest BCUT2D eigenvalue weighted by atomic mass is 16.6. The van der Waals surface area contributed by atoms with Crippen LogP contribution < -0.4 is 4.90 Å². The van der Waals surface area contributed by atoms with E-state index in [0.717, 1.165) is 0 Å². The maximum absolute atomic E-state index is 11.3. The van der Waals surface area contributed by atoms with E-state index in [-0.39, 0.29) is 25.0 Å². The number of rotatable bonds is 4. The van der Waals surface area contributed by atoms with E-state index in [0.29, 0.717) is 24.3 Å².